The van der Waals surface area contributed by atoms with E-state index in [-0.39, 0.29) is 0 Å². The van der Waals surface area contributed by atoms with Crippen LogP contribution < -0.4 is 4.90 Å². The maximum Gasteiger partial charge on any atom is 0.414 e. The highest BCUT2D eigenvalue weighted by molar-refractivity contribution is 6.31. The monoisotopic (exact) mass is 357 g/mol. The first-order valence-corrected chi connectivity index (χ1v) is 8.34. The van der Waals surface area contributed by atoms with E-state index in [0.29, 0.717) is 16.5 Å². The first-order chi connectivity index (χ1) is 11.7. The first kappa shape index (κ1) is 17.3. The number of hydrogen-bond acceptors (Lipinski definition) is 3. The lowest BCUT2D eigenvalue weighted by Gasteiger charge is -2.25. The van der Waals surface area contributed by atoms with E-state index < -0.39 is 11.7 Å². The minimum Gasteiger partial charge on any atom is -0.443 e. The summed E-state index contributed by atoms with van der Waals surface area (Å²) < 4.78 is 5.46. The fraction of sp³-hybridized carbons (Fsp3) is 0.263. The summed E-state index contributed by atoms with van der Waals surface area (Å²) in [5.74, 6) is 0.670. The number of carbonyl (C=O) groups is 1. The number of aromatic amines is 1. The predicted octanol–water partition coefficient (Wildman–Crippen LogP) is 5.25. The minimum atomic E-state index is -0.559. The molecule has 1 aromatic heterocycles. The molecule has 0 aliphatic heterocycles. The summed E-state index contributed by atoms with van der Waals surface area (Å²) in [5.41, 5.74) is 2.62. The molecular formula is C19H20ClN3O2. The van der Waals surface area contributed by atoms with E-state index in [9.17, 15) is 4.79 Å². The molecule has 0 radical (unpaired) electrons. The number of benzene rings is 2. The maximum atomic E-state index is 12.4. The number of halogens is 1. The zero-order chi connectivity index (χ0) is 18.2. The van der Waals surface area contributed by atoms with Crippen LogP contribution in [0.1, 0.15) is 20.8 Å². The third kappa shape index (κ3) is 3.77. The van der Waals surface area contributed by atoms with E-state index in [1.165, 1.54) is 4.90 Å². The van der Waals surface area contributed by atoms with Gasteiger partial charge in [-0.1, -0.05) is 23.7 Å². The molecule has 130 valence electrons. The zero-order valence-corrected chi connectivity index (χ0v) is 15.4. The summed E-state index contributed by atoms with van der Waals surface area (Å²) in [6.45, 7) is 5.52. The first-order valence-electron chi connectivity index (χ1n) is 7.96. The van der Waals surface area contributed by atoms with Crippen LogP contribution in [0, 0.1) is 0 Å². The third-order valence-electron chi connectivity index (χ3n) is 3.63. The van der Waals surface area contributed by atoms with E-state index in [1.54, 1.807) is 13.1 Å². The van der Waals surface area contributed by atoms with Gasteiger partial charge < -0.3 is 9.72 Å². The number of nitrogens with zero attached hydrogens (tertiary/aromatic N) is 2. The largest absolute Gasteiger partial charge is 0.443 e. The standard InChI is InChI=1S/C19H20ClN3O2/c1-19(2,3)25-18(24)23(4)16-8-6-5-7-13(16)17-21-14-10-9-12(20)11-15(14)22-17/h5-11H,1-4H3,(H,21,22). The zero-order valence-electron chi connectivity index (χ0n) is 14.6. The average Bonchev–Trinajstić information content (AvgIpc) is 2.95. The Kier molecular flexibility index (Phi) is 4.43. The van der Waals surface area contributed by atoms with Gasteiger partial charge in [0, 0.05) is 17.6 Å². The highest BCUT2D eigenvalue weighted by atomic mass is 35.5. The molecule has 1 amide bonds. The molecule has 0 bridgehead atoms. The maximum absolute atomic E-state index is 12.4. The molecule has 2 aromatic carbocycles. The van der Waals surface area contributed by atoms with Gasteiger partial charge in [0.2, 0.25) is 0 Å². The topological polar surface area (TPSA) is 58.2 Å². The summed E-state index contributed by atoms with van der Waals surface area (Å²) in [6, 6.07) is 13.0. The van der Waals surface area contributed by atoms with Crippen LogP contribution in [0.25, 0.3) is 22.4 Å². The molecule has 25 heavy (non-hydrogen) atoms. The number of carbonyl (C=O) groups excluding carboxylic acids is 1. The van der Waals surface area contributed by atoms with Crippen molar-refractivity contribution in [2.75, 3.05) is 11.9 Å². The van der Waals surface area contributed by atoms with Crippen molar-refractivity contribution in [3.05, 3.63) is 47.5 Å². The lowest BCUT2D eigenvalue weighted by Crippen LogP contribution is -2.34. The number of nitrogens with one attached hydrogen (secondary N) is 1. The van der Waals surface area contributed by atoms with E-state index in [1.807, 2.05) is 57.2 Å². The molecule has 0 fully saturated rings. The number of anilines is 1. The van der Waals surface area contributed by atoms with Gasteiger partial charge in [-0.15, -0.1) is 0 Å². The van der Waals surface area contributed by atoms with Crippen molar-refractivity contribution in [3.8, 4) is 11.4 Å². The molecule has 1 N–H and O–H groups in total. The van der Waals surface area contributed by atoms with Crippen molar-refractivity contribution in [2.24, 2.45) is 0 Å². The number of hydrogen-bond donors (Lipinski definition) is 1. The van der Waals surface area contributed by atoms with Crippen LogP contribution in [0.5, 0.6) is 0 Å². The van der Waals surface area contributed by atoms with E-state index in [4.69, 9.17) is 16.3 Å². The Labute approximate surface area is 151 Å². The van der Waals surface area contributed by atoms with Gasteiger partial charge in [-0.05, 0) is 51.1 Å². The second-order valence-corrected chi connectivity index (χ2v) is 7.24. The van der Waals surface area contributed by atoms with Crippen molar-refractivity contribution >= 4 is 34.4 Å². The van der Waals surface area contributed by atoms with Crippen molar-refractivity contribution < 1.29 is 9.53 Å². The van der Waals surface area contributed by atoms with Crippen molar-refractivity contribution in [3.63, 3.8) is 0 Å². The fourth-order valence-electron chi connectivity index (χ4n) is 2.50. The molecular weight excluding hydrogens is 338 g/mol. The van der Waals surface area contributed by atoms with Gasteiger partial charge in [-0.3, -0.25) is 4.90 Å². The normalized spacial score (nSPS) is 11.6. The number of imidazole rings is 1. The summed E-state index contributed by atoms with van der Waals surface area (Å²) in [6.07, 6.45) is -0.417. The number of H-pyrrole nitrogens is 1. The minimum absolute atomic E-state index is 0.417. The third-order valence-corrected chi connectivity index (χ3v) is 3.87. The summed E-state index contributed by atoms with van der Waals surface area (Å²) >= 11 is 6.04. The van der Waals surface area contributed by atoms with E-state index >= 15 is 0 Å². The number of aromatic nitrogens is 2. The lowest BCUT2D eigenvalue weighted by atomic mass is 10.1. The highest BCUT2D eigenvalue weighted by Crippen LogP contribution is 2.31. The molecule has 3 rings (SSSR count). The van der Waals surface area contributed by atoms with Crippen LogP contribution in [0.15, 0.2) is 42.5 Å². The molecule has 0 aliphatic carbocycles. The average molecular weight is 358 g/mol. The van der Waals surface area contributed by atoms with Gasteiger partial charge in [-0.2, -0.15) is 0 Å². The van der Waals surface area contributed by atoms with Gasteiger partial charge >= 0.3 is 6.09 Å². The quantitative estimate of drug-likeness (QED) is 0.681. The van der Waals surface area contributed by atoms with Gasteiger partial charge in [0.15, 0.2) is 0 Å². The summed E-state index contributed by atoms with van der Waals surface area (Å²) in [7, 11) is 1.69. The molecule has 0 unspecified atom stereocenters. The second-order valence-electron chi connectivity index (χ2n) is 6.80. The van der Waals surface area contributed by atoms with Crippen LogP contribution in [0.3, 0.4) is 0 Å². The SMILES string of the molecule is CN(C(=O)OC(C)(C)C)c1ccccc1-c1nc2ccc(Cl)cc2[nH]1. The summed E-state index contributed by atoms with van der Waals surface area (Å²) in [5, 5.41) is 0.641. The number of rotatable bonds is 2. The van der Waals surface area contributed by atoms with Crippen LogP contribution in [-0.4, -0.2) is 28.7 Å². The molecule has 0 aliphatic rings. The molecule has 5 nitrogen and oxygen atoms in total. The molecule has 6 heteroatoms. The Morgan fingerprint density at radius 3 is 2.64 bits per heavy atom. The van der Waals surface area contributed by atoms with Gasteiger partial charge in [0.25, 0.3) is 0 Å². The second kappa shape index (κ2) is 6.41. The molecule has 3 aromatic rings. The van der Waals surface area contributed by atoms with E-state index in [2.05, 4.69) is 9.97 Å². The molecule has 0 spiro atoms. The van der Waals surface area contributed by atoms with Crippen LogP contribution in [0.4, 0.5) is 10.5 Å². The van der Waals surface area contributed by atoms with E-state index in [0.717, 1.165) is 16.6 Å². The fourth-order valence-corrected chi connectivity index (χ4v) is 2.68. The van der Waals surface area contributed by atoms with Crippen molar-refractivity contribution in [1.29, 1.82) is 0 Å². The Balaban J connectivity index is 2.01. The molecule has 0 atom stereocenters. The lowest BCUT2D eigenvalue weighted by molar-refractivity contribution is 0.0589. The van der Waals surface area contributed by atoms with Crippen LogP contribution in [0.2, 0.25) is 5.02 Å². The van der Waals surface area contributed by atoms with Gasteiger partial charge in [0.05, 0.1) is 16.7 Å². The Hall–Kier alpha value is -2.53. The Morgan fingerprint density at radius 1 is 1.20 bits per heavy atom. The number of ether oxygens (including phenoxy) is 1. The number of amides is 1. The number of fused-ring (bicyclic) bond motifs is 1. The van der Waals surface area contributed by atoms with Crippen LogP contribution in [-0.2, 0) is 4.74 Å². The molecule has 0 saturated heterocycles. The van der Waals surface area contributed by atoms with Gasteiger partial charge in [-0.25, -0.2) is 9.78 Å². The van der Waals surface area contributed by atoms with Crippen molar-refractivity contribution in [2.45, 2.75) is 26.4 Å². The molecule has 1 heterocycles. The molecule has 0 saturated carbocycles. The smallest absolute Gasteiger partial charge is 0.414 e. The summed E-state index contributed by atoms with van der Waals surface area (Å²) in [4.78, 5) is 21.8. The van der Waals surface area contributed by atoms with Gasteiger partial charge in [0.1, 0.15) is 11.4 Å². The Morgan fingerprint density at radius 2 is 1.92 bits per heavy atom. The Bertz CT molecular complexity index is 928. The van der Waals surface area contributed by atoms with Crippen LogP contribution >= 0.6 is 11.6 Å². The number of para-hydroxylation sites is 1. The van der Waals surface area contributed by atoms with Crippen molar-refractivity contribution in [1.82, 2.24) is 9.97 Å². The predicted molar refractivity (Wildman–Crippen MR) is 101 cm³/mol. The highest BCUT2D eigenvalue weighted by Gasteiger charge is 2.23.